The largest absolute Gasteiger partial charge is 0.449 e. The molecule has 7 nitrogen and oxygen atoms in total. The summed E-state index contributed by atoms with van der Waals surface area (Å²) in [7, 11) is 1.57. The highest BCUT2D eigenvalue weighted by Gasteiger charge is 2.22. The van der Waals surface area contributed by atoms with Gasteiger partial charge in [0.2, 0.25) is 0 Å². The summed E-state index contributed by atoms with van der Waals surface area (Å²) in [6.45, 7) is 1.71. The molecule has 1 atom stereocenters. The van der Waals surface area contributed by atoms with Gasteiger partial charge < -0.3 is 9.64 Å². The number of carbonyl (C=O) groups is 2. The van der Waals surface area contributed by atoms with E-state index in [-0.39, 0.29) is 23.8 Å². The minimum atomic E-state index is -0.974. The third-order valence-corrected chi connectivity index (χ3v) is 3.84. The first-order valence-electron chi connectivity index (χ1n) is 7.94. The molecule has 3 rings (SSSR count). The number of ether oxygens (including phenoxy) is 1. The lowest BCUT2D eigenvalue weighted by molar-refractivity contribution is -0.139. The second-order valence-electron chi connectivity index (χ2n) is 5.89. The predicted molar refractivity (Wildman–Crippen MR) is 90.7 cm³/mol. The van der Waals surface area contributed by atoms with Crippen molar-refractivity contribution in [2.24, 2.45) is 0 Å². The average Bonchev–Trinajstić information content (AvgIpc) is 3.08. The van der Waals surface area contributed by atoms with Gasteiger partial charge >= 0.3 is 5.97 Å². The highest BCUT2D eigenvalue weighted by Crippen LogP contribution is 2.11. The maximum Gasteiger partial charge on any atom is 0.340 e. The molecule has 2 aromatic heterocycles. The highest BCUT2D eigenvalue weighted by molar-refractivity contribution is 5.92. The smallest absolute Gasteiger partial charge is 0.340 e. The first-order chi connectivity index (χ1) is 12.4. The van der Waals surface area contributed by atoms with E-state index in [4.69, 9.17) is 4.74 Å². The van der Waals surface area contributed by atoms with E-state index < -0.39 is 12.1 Å². The Labute approximate surface area is 149 Å². The van der Waals surface area contributed by atoms with Crippen molar-refractivity contribution in [2.45, 2.75) is 19.6 Å². The fraction of sp³-hybridized carbons (Fsp3) is 0.222. The summed E-state index contributed by atoms with van der Waals surface area (Å²) in [5.41, 5.74) is 1.53. The van der Waals surface area contributed by atoms with Gasteiger partial charge in [-0.05, 0) is 36.8 Å². The first-order valence-corrected chi connectivity index (χ1v) is 7.94. The van der Waals surface area contributed by atoms with Crippen molar-refractivity contribution >= 4 is 17.5 Å². The second-order valence-corrected chi connectivity index (χ2v) is 5.89. The van der Waals surface area contributed by atoms with E-state index in [1.54, 1.807) is 35.7 Å². The highest BCUT2D eigenvalue weighted by atomic mass is 19.1. The topological polar surface area (TPSA) is 76.8 Å². The molecule has 0 N–H and O–H groups in total. The van der Waals surface area contributed by atoms with E-state index in [1.807, 2.05) is 0 Å². The number of aromatic nitrogens is 3. The van der Waals surface area contributed by atoms with Crippen molar-refractivity contribution in [3.05, 3.63) is 65.9 Å². The van der Waals surface area contributed by atoms with E-state index >= 15 is 0 Å². The summed E-state index contributed by atoms with van der Waals surface area (Å²) in [5.74, 6) is -1.37. The van der Waals surface area contributed by atoms with E-state index in [0.717, 1.165) is 0 Å². The monoisotopic (exact) mass is 356 g/mol. The minimum absolute atomic E-state index is 0.213. The number of pyridine rings is 1. The molecular formula is C18H17FN4O3. The van der Waals surface area contributed by atoms with Crippen molar-refractivity contribution in [3.63, 3.8) is 0 Å². The van der Waals surface area contributed by atoms with Gasteiger partial charge in [-0.3, -0.25) is 9.20 Å². The van der Waals surface area contributed by atoms with E-state index in [9.17, 15) is 14.0 Å². The zero-order valence-corrected chi connectivity index (χ0v) is 14.3. The summed E-state index contributed by atoms with van der Waals surface area (Å²) < 4.78 is 20.1. The molecule has 1 unspecified atom stereocenters. The molecule has 8 heteroatoms. The SMILES string of the molecule is CC(OC(=O)c1ccc2nncn2c1)C(=O)N(C)Cc1cccc(F)c1. The van der Waals surface area contributed by atoms with Crippen LogP contribution < -0.4 is 0 Å². The van der Waals surface area contributed by atoms with Crippen molar-refractivity contribution < 1.29 is 18.7 Å². The number of halogens is 1. The summed E-state index contributed by atoms with van der Waals surface area (Å²) in [6.07, 6.45) is 2.02. The Bertz CT molecular complexity index is 956. The quantitative estimate of drug-likeness (QED) is 0.654. The molecule has 1 aromatic carbocycles. The number of likely N-dealkylation sites (N-methyl/N-ethyl adjacent to an activating group) is 1. The van der Waals surface area contributed by atoms with Gasteiger partial charge in [0.1, 0.15) is 12.1 Å². The van der Waals surface area contributed by atoms with Crippen LogP contribution in [0.15, 0.2) is 48.9 Å². The third kappa shape index (κ3) is 3.85. The molecule has 134 valence electrons. The number of esters is 1. The maximum atomic E-state index is 13.2. The second kappa shape index (κ2) is 7.30. The molecule has 0 aliphatic rings. The Balaban J connectivity index is 1.63. The summed E-state index contributed by atoms with van der Waals surface area (Å²) in [6, 6.07) is 9.18. The van der Waals surface area contributed by atoms with Gasteiger partial charge in [0.15, 0.2) is 11.8 Å². The average molecular weight is 356 g/mol. The van der Waals surface area contributed by atoms with Gasteiger partial charge in [0.25, 0.3) is 5.91 Å². The van der Waals surface area contributed by atoms with Crippen LogP contribution in [-0.4, -0.2) is 44.5 Å². The molecule has 0 saturated carbocycles. The van der Waals surface area contributed by atoms with Crippen LogP contribution in [0.2, 0.25) is 0 Å². The molecule has 0 bridgehead atoms. The van der Waals surface area contributed by atoms with Crippen molar-refractivity contribution in [3.8, 4) is 0 Å². The summed E-state index contributed by atoms with van der Waals surface area (Å²) >= 11 is 0. The Morgan fingerprint density at radius 2 is 2.12 bits per heavy atom. The van der Waals surface area contributed by atoms with E-state index in [0.29, 0.717) is 11.2 Å². The first kappa shape index (κ1) is 17.5. The fourth-order valence-electron chi connectivity index (χ4n) is 2.52. The van der Waals surface area contributed by atoms with Crippen LogP contribution in [0.25, 0.3) is 5.65 Å². The number of rotatable bonds is 5. The lowest BCUT2D eigenvalue weighted by Crippen LogP contribution is -2.37. The number of nitrogens with zero attached hydrogens (tertiary/aromatic N) is 4. The standard InChI is InChI=1S/C18H17FN4O3/c1-12(17(24)22(2)9-13-4-3-5-15(19)8-13)26-18(25)14-6-7-16-21-20-11-23(16)10-14/h3-8,10-12H,9H2,1-2H3. The Morgan fingerprint density at radius 3 is 2.88 bits per heavy atom. The van der Waals surface area contributed by atoms with Crippen LogP contribution >= 0.6 is 0 Å². The lowest BCUT2D eigenvalue weighted by atomic mass is 10.2. The van der Waals surface area contributed by atoms with Gasteiger partial charge in [0, 0.05) is 19.8 Å². The molecule has 0 saturated heterocycles. The molecule has 0 spiro atoms. The molecule has 0 aliphatic carbocycles. The third-order valence-electron chi connectivity index (χ3n) is 3.84. The number of hydrogen-bond donors (Lipinski definition) is 0. The molecule has 0 aliphatic heterocycles. The van der Waals surface area contributed by atoms with Gasteiger partial charge in [-0.25, -0.2) is 9.18 Å². The molecule has 2 heterocycles. The van der Waals surface area contributed by atoms with Crippen molar-refractivity contribution in [1.82, 2.24) is 19.5 Å². The summed E-state index contributed by atoms with van der Waals surface area (Å²) in [4.78, 5) is 26.0. The Hall–Kier alpha value is -3.29. The van der Waals surface area contributed by atoms with Gasteiger partial charge in [-0.15, -0.1) is 10.2 Å². The van der Waals surface area contributed by atoms with Crippen molar-refractivity contribution in [2.75, 3.05) is 7.05 Å². The van der Waals surface area contributed by atoms with Gasteiger partial charge in [-0.1, -0.05) is 12.1 Å². The molecule has 0 radical (unpaired) electrons. The van der Waals surface area contributed by atoms with Crippen LogP contribution in [0.1, 0.15) is 22.8 Å². The van der Waals surface area contributed by atoms with Crippen LogP contribution in [0.4, 0.5) is 4.39 Å². The number of hydrogen-bond acceptors (Lipinski definition) is 5. The molecule has 1 amide bonds. The number of amides is 1. The normalized spacial score (nSPS) is 12.0. The Morgan fingerprint density at radius 1 is 1.31 bits per heavy atom. The maximum absolute atomic E-state index is 13.2. The number of fused-ring (bicyclic) bond motifs is 1. The van der Waals surface area contributed by atoms with Gasteiger partial charge in [-0.2, -0.15) is 0 Å². The van der Waals surface area contributed by atoms with Crippen LogP contribution in [0, 0.1) is 5.82 Å². The number of benzene rings is 1. The Kier molecular flexibility index (Phi) is 4.92. The molecular weight excluding hydrogens is 339 g/mol. The zero-order valence-electron chi connectivity index (χ0n) is 14.3. The molecule has 0 fully saturated rings. The van der Waals surface area contributed by atoms with Crippen LogP contribution in [-0.2, 0) is 16.1 Å². The lowest BCUT2D eigenvalue weighted by Gasteiger charge is -2.21. The fourth-order valence-corrected chi connectivity index (χ4v) is 2.52. The van der Waals surface area contributed by atoms with Crippen LogP contribution in [0.5, 0.6) is 0 Å². The molecule has 3 aromatic rings. The minimum Gasteiger partial charge on any atom is -0.449 e. The van der Waals surface area contributed by atoms with Crippen LogP contribution in [0.3, 0.4) is 0 Å². The van der Waals surface area contributed by atoms with E-state index in [1.165, 1.54) is 36.5 Å². The number of carbonyl (C=O) groups excluding carboxylic acids is 2. The summed E-state index contributed by atoms with van der Waals surface area (Å²) in [5, 5.41) is 7.58. The van der Waals surface area contributed by atoms with Crippen molar-refractivity contribution in [1.29, 1.82) is 0 Å². The molecule has 26 heavy (non-hydrogen) atoms. The van der Waals surface area contributed by atoms with E-state index in [2.05, 4.69) is 10.2 Å². The van der Waals surface area contributed by atoms with Gasteiger partial charge in [0.05, 0.1) is 5.56 Å². The predicted octanol–water partition coefficient (Wildman–Crippen LogP) is 2.07. The zero-order chi connectivity index (χ0) is 18.7.